The Morgan fingerprint density at radius 2 is 0.952 bits per heavy atom. The third-order valence-corrected chi connectivity index (χ3v) is 13.4. The summed E-state index contributed by atoms with van der Waals surface area (Å²) in [5, 5.41) is 7.33. The number of nitrogens with zero attached hydrogens (tertiary/aromatic N) is 2. The minimum Gasteiger partial charge on any atom is -0.309 e. The minimum absolute atomic E-state index is 0.0867. The molecule has 0 bridgehead atoms. The molecule has 0 spiro atoms. The molecule has 1 aliphatic rings. The lowest BCUT2D eigenvalue weighted by atomic mass is 9.81. The number of hydrogen-bond donors (Lipinski definition) is 0. The zero-order chi connectivity index (χ0) is 41.5. The van der Waals surface area contributed by atoms with Gasteiger partial charge < -0.3 is 9.47 Å². The first-order chi connectivity index (χ1) is 30.4. The lowest BCUT2D eigenvalue weighted by molar-refractivity contribution is 0.660. The quantitative estimate of drug-likeness (QED) is 0.152. The molecule has 294 valence electrons. The molecule has 11 aromatic rings. The summed E-state index contributed by atoms with van der Waals surface area (Å²) >= 11 is 0. The van der Waals surface area contributed by atoms with Gasteiger partial charge in [-0.1, -0.05) is 171 Å². The lowest BCUT2D eigenvalue weighted by Crippen LogP contribution is -2.15. The van der Waals surface area contributed by atoms with Crippen LogP contribution in [0.25, 0.3) is 82.4 Å². The molecule has 0 unspecified atom stereocenters. The Bertz CT molecular complexity index is 3500. The second kappa shape index (κ2) is 13.9. The molecule has 2 nitrogen and oxygen atoms in total. The molecule has 0 atom stereocenters. The van der Waals surface area contributed by atoms with Crippen LogP contribution in [-0.4, -0.2) is 4.57 Å². The number of fused-ring (bicyclic) bond motifs is 8. The summed E-state index contributed by atoms with van der Waals surface area (Å²) in [6, 6.07) is 78.7. The first-order valence-electron chi connectivity index (χ1n) is 21.7. The van der Waals surface area contributed by atoms with Crippen LogP contribution >= 0.6 is 0 Å². The van der Waals surface area contributed by atoms with Gasteiger partial charge in [-0.05, 0) is 123 Å². The van der Waals surface area contributed by atoms with Gasteiger partial charge in [-0.3, -0.25) is 0 Å². The molecule has 0 amide bonds. The molecule has 12 rings (SSSR count). The Kier molecular flexibility index (Phi) is 8.14. The second-order valence-electron chi connectivity index (χ2n) is 17.4. The van der Waals surface area contributed by atoms with E-state index in [9.17, 15) is 0 Å². The van der Waals surface area contributed by atoms with Crippen LogP contribution in [0.4, 0.5) is 17.1 Å². The maximum atomic E-state index is 2.52. The summed E-state index contributed by atoms with van der Waals surface area (Å²) in [5.41, 5.74) is 18.4. The number of benzene rings is 10. The van der Waals surface area contributed by atoms with Crippen molar-refractivity contribution in [3.05, 3.63) is 229 Å². The first kappa shape index (κ1) is 36.2. The number of para-hydroxylation sites is 1. The van der Waals surface area contributed by atoms with Crippen molar-refractivity contribution >= 4 is 60.4 Å². The van der Waals surface area contributed by atoms with Crippen molar-refractivity contribution < 1.29 is 0 Å². The lowest BCUT2D eigenvalue weighted by Gasteiger charge is -2.30. The van der Waals surface area contributed by atoms with Crippen molar-refractivity contribution in [1.29, 1.82) is 0 Å². The third-order valence-electron chi connectivity index (χ3n) is 13.4. The molecule has 0 saturated heterocycles. The van der Waals surface area contributed by atoms with Gasteiger partial charge in [-0.15, -0.1) is 0 Å². The maximum absolute atomic E-state index is 2.52. The molecule has 0 saturated carbocycles. The van der Waals surface area contributed by atoms with Gasteiger partial charge in [0, 0.05) is 44.0 Å². The molecule has 0 fully saturated rings. The van der Waals surface area contributed by atoms with Gasteiger partial charge in [-0.25, -0.2) is 0 Å². The summed E-state index contributed by atoms with van der Waals surface area (Å²) in [5.74, 6) is 0. The summed E-state index contributed by atoms with van der Waals surface area (Å²) in [4.78, 5) is 2.52. The van der Waals surface area contributed by atoms with Crippen LogP contribution in [0.15, 0.2) is 212 Å². The van der Waals surface area contributed by atoms with Crippen molar-refractivity contribution in [2.45, 2.75) is 26.2 Å². The van der Waals surface area contributed by atoms with E-state index in [1.165, 1.54) is 99.1 Å². The van der Waals surface area contributed by atoms with Crippen molar-refractivity contribution in [2.24, 2.45) is 0 Å². The standard InChI is InChI=1S/C60H44N2/c1-39-29-33-56-52(35-39)53-38-45(31-34-57(53)62(56)43-20-8-5-9-21-43)61(59-50-26-12-10-24-48(50)58(40-17-6-4-7-18-40)49-25-11-13-27-51(49)59)44-22-16-19-41(36-44)42-30-32-47-46-23-14-15-28-54(46)60(2,3)55(47)37-42/h4-38H,1-3H3. The van der Waals surface area contributed by atoms with Gasteiger partial charge in [0.15, 0.2) is 0 Å². The predicted molar refractivity (Wildman–Crippen MR) is 264 cm³/mol. The molecule has 1 aromatic heterocycles. The van der Waals surface area contributed by atoms with E-state index in [1.54, 1.807) is 0 Å². The highest BCUT2D eigenvalue weighted by molar-refractivity contribution is 6.23. The molecular weight excluding hydrogens is 749 g/mol. The molecule has 62 heavy (non-hydrogen) atoms. The van der Waals surface area contributed by atoms with E-state index in [2.05, 4.69) is 243 Å². The Morgan fingerprint density at radius 1 is 0.387 bits per heavy atom. The third kappa shape index (κ3) is 5.50. The van der Waals surface area contributed by atoms with Crippen molar-refractivity contribution in [3.63, 3.8) is 0 Å². The van der Waals surface area contributed by atoms with E-state index in [-0.39, 0.29) is 5.41 Å². The van der Waals surface area contributed by atoms with Gasteiger partial charge >= 0.3 is 0 Å². The Morgan fingerprint density at radius 3 is 1.69 bits per heavy atom. The Balaban J connectivity index is 1.14. The highest BCUT2D eigenvalue weighted by Crippen LogP contribution is 2.52. The molecular formula is C60H44N2. The van der Waals surface area contributed by atoms with E-state index < -0.39 is 0 Å². The molecule has 1 heterocycles. The van der Waals surface area contributed by atoms with Gasteiger partial charge in [0.2, 0.25) is 0 Å². The van der Waals surface area contributed by atoms with Gasteiger partial charge in [0.1, 0.15) is 0 Å². The summed E-state index contributed by atoms with van der Waals surface area (Å²) in [6.07, 6.45) is 0. The topological polar surface area (TPSA) is 8.17 Å². The SMILES string of the molecule is Cc1ccc2c(c1)c1cc(N(c3cccc(-c4ccc5c(c4)C(C)(C)c4ccccc4-5)c3)c3c4ccccc4c(-c4ccccc4)c4ccccc34)ccc1n2-c1ccccc1. The van der Waals surface area contributed by atoms with E-state index in [0.29, 0.717) is 0 Å². The Hall–Kier alpha value is -7.68. The highest BCUT2D eigenvalue weighted by atomic mass is 15.1. The van der Waals surface area contributed by atoms with Crippen molar-refractivity contribution in [3.8, 4) is 39.1 Å². The smallest absolute Gasteiger partial charge is 0.0618 e. The summed E-state index contributed by atoms with van der Waals surface area (Å²) in [6.45, 7) is 6.92. The van der Waals surface area contributed by atoms with E-state index >= 15 is 0 Å². The second-order valence-corrected chi connectivity index (χ2v) is 17.4. The highest BCUT2D eigenvalue weighted by Gasteiger charge is 2.35. The molecule has 0 aliphatic heterocycles. The van der Waals surface area contributed by atoms with Crippen LogP contribution in [0.2, 0.25) is 0 Å². The van der Waals surface area contributed by atoms with Gasteiger partial charge in [0.05, 0.1) is 16.7 Å². The van der Waals surface area contributed by atoms with E-state index in [0.717, 1.165) is 17.1 Å². The molecule has 10 aromatic carbocycles. The fourth-order valence-electron chi connectivity index (χ4n) is 10.5. The van der Waals surface area contributed by atoms with Crippen LogP contribution in [0.5, 0.6) is 0 Å². The van der Waals surface area contributed by atoms with Crippen LogP contribution in [0.3, 0.4) is 0 Å². The first-order valence-corrected chi connectivity index (χ1v) is 21.7. The zero-order valence-corrected chi connectivity index (χ0v) is 35.1. The van der Waals surface area contributed by atoms with Gasteiger partial charge in [-0.2, -0.15) is 0 Å². The largest absolute Gasteiger partial charge is 0.309 e. The number of rotatable bonds is 6. The van der Waals surface area contributed by atoms with Crippen LogP contribution in [0.1, 0.15) is 30.5 Å². The molecule has 0 N–H and O–H groups in total. The number of anilines is 3. The van der Waals surface area contributed by atoms with Gasteiger partial charge in [0.25, 0.3) is 0 Å². The fraction of sp³-hybridized carbons (Fsp3) is 0.0667. The maximum Gasteiger partial charge on any atom is 0.0618 e. The average Bonchev–Trinajstić information content (AvgIpc) is 3.76. The van der Waals surface area contributed by atoms with Crippen LogP contribution < -0.4 is 4.90 Å². The average molecular weight is 793 g/mol. The summed E-state index contributed by atoms with van der Waals surface area (Å²) in [7, 11) is 0. The van der Waals surface area contributed by atoms with E-state index in [4.69, 9.17) is 0 Å². The van der Waals surface area contributed by atoms with Crippen molar-refractivity contribution in [2.75, 3.05) is 4.90 Å². The Labute approximate surface area is 362 Å². The normalized spacial score (nSPS) is 12.9. The monoisotopic (exact) mass is 792 g/mol. The molecule has 2 heteroatoms. The van der Waals surface area contributed by atoms with Crippen LogP contribution in [-0.2, 0) is 5.41 Å². The predicted octanol–water partition coefficient (Wildman–Crippen LogP) is 16.5. The van der Waals surface area contributed by atoms with Crippen LogP contribution in [0, 0.1) is 6.92 Å². The molecule has 1 aliphatic carbocycles. The van der Waals surface area contributed by atoms with Crippen molar-refractivity contribution in [1.82, 2.24) is 4.57 Å². The fourth-order valence-corrected chi connectivity index (χ4v) is 10.5. The summed E-state index contributed by atoms with van der Waals surface area (Å²) < 4.78 is 2.41. The van der Waals surface area contributed by atoms with E-state index in [1.807, 2.05) is 0 Å². The number of aryl methyl sites for hydroxylation is 1. The number of hydrogen-bond acceptors (Lipinski definition) is 1. The zero-order valence-electron chi connectivity index (χ0n) is 35.1. The minimum atomic E-state index is -0.0867. The molecule has 0 radical (unpaired) electrons. The number of aromatic nitrogens is 1.